The van der Waals surface area contributed by atoms with E-state index in [2.05, 4.69) is 107 Å². The number of rotatable bonds is 2. The second-order valence-electron chi connectivity index (χ2n) is 14.1. The molecular formula is C48H27N5O2. The van der Waals surface area contributed by atoms with Gasteiger partial charge in [-0.15, -0.1) is 0 Å². The summed E-state index contributed by atoms with van der Waals surface area (Å²) in [6.45, 7) is 0. The second kappa shape index (κ2) is 10.9. The molecule has 0 unspecified atom stereocenters. The molecule has 0 bridgehead atoms. The number of hydrogen-bond acceptors (Lipinski definition) is 6. The molecule has 7 nitrogen and oxygen atoms in total. The van der Waals surface area contributed by atoms with Crippen LogP contribution in [0, 0.1) is 11.3 Å². The van der Waals surface area contributed by atoms with Crippen LogP contribution in [0.15, 0.2) is 164 Å². The highest BCUT2D eigenvalue weighted by Gasteiger charge is 2.54. The zero-order valence-electron chi connectivity index (χ0n) is 29.1. The Bertz CT molecular complexity index is 3070. The smallest absolute Gasteiger partial charge is 0.151 e. The Kier molecular flexibility index (Phi) is 5.92. The van der Waals surface area contributed by atoms with E-state index in [-0.39, 0.29) is 0 Å². The molecule has 1 aliphatic carbocycles. The fourth-order valence-electron chi connectivity index (χ4n) is 9.25. The van der Waals surface area contributed by atoms with Crippen LogP contribution in [0.3, 0.4) is 0 Å². The maximum atomic E-state index is 9.87. The van der Waals surface area contributed by atoms with Crippen LogP contribution in [0.25, 0.3) is 38.9 Å². The number of pyridine rings is 2. The minimum Gasteiger partial charge on any atom is -0.457 e. The third-order valence-corrected chi connectivity index (χ3v) is 11.3. The first kappa shape index (κ1) is 29.8. The van der Waals surface area contributed by atoms with Crippen molar-refractivity contribution in [2.75, 3.05) is 4.90 Å². The normalized spacial score (nSPS) is 13.8. The van der Waals surface area contributed by atoms with Crippen LogP contribution in [-0.2, 0) is 5.41 Å². The van der Waals surface area contributed by atoms with Crippen LogP contribution in [0.4, 0.5) is 17.1 Å². The van der Waals surface area contributed by atoms with E-state index in [4.69, 9.17) is 19.4 Å². The number of benzene rings is 6. The van der Waals surface area contributed by atoms with Gasteiger partial charge in [-0.2, -0.15) is 5.26 Å². The van der Waals surface area contributed by atoms with E-state index in [0.717, 1.165) is 101 Å². The lowest BCUT2D eigenvalue weighted by Crippen LogP contribution is -2.34. The average Bonchev–Trinajstić information content (AvgIpc) is 3.72. The molecule has 3 aliphatic rings. The van der Waals surface area contributed by atoms with Crippen molar-refractivity contribution in [3.8, 4) is 46.1 Å². The fraction of sp³-hybridized carbons (Fsp3) is 0.0208. The van der Waals surface area contributed by atoms with Crippen molar-refractivity contribution in [2.45, 2.75) is 5.41 Å². The molecular weight excluding hydrogens is 679 g/mol. The Morgan fingerprint density at radius 1 is 0.509 bits per heavy atom. The van der Waals surface area contributed by atoms with Crippen molar-refractivity contribution < 1.29 is 9.47 Å². The van der Waals surface area contributed by atoms with Gasteiger partial charge in [0.2, 0.25) is 0 Å². The van der Waals surface area contributed by atoms with E-state index < -0.39 is 5.41 Å². The van der Waals surface area contributed by atoms with E-state index >= 15 is 0 Å². The molecule has 1 spiro atoms. The standard InChI is InChI=1S/C48H27N5O2/c49-28-29-20-23-37-32(26-29)31-10-1-2-13-36(31)53(37)40-16-7-19-43-45(40)48(34-11-8-24-50-46(34)47-35(48)12-9-25-51-47)33-22-21-30(27-44(33)55-43)52-38-14-3-5-17-41(38)54-42-18-6-4-15-39(42)52/h1-27H. The molecule has 0 saturated carbocycles. The number of nitriles is 1. The van der Waals surface area contributed by atoms with Gasteiger partial charge >= 0.3 is 0 Å². The Balaban J connectivity index is 1.18. The third kappa shape index (κ3) is 3.87. The van der Waals surface area contributed by atoms with Gasteiger partial charge in [0, 0.05) is 40.4 Å². The zero-order chi connectivity index (χ0) is 36.3. The van der Waals surface area contributed by atoms with Crippen LogP contribution in [0.1, 0.15) is 27.8 Å². The number of ether oxygens (including phenoxy) is 2. The topological polar surface area (TPSA) is 76.2 Å². The first-order valence-electron chi connectivity index (χ1n) is 18.2. The van der Waals surface area contributed by atoms with Gasteiger partial charge in [-0.3, -0.25) is 9.97 Å². The van der Waals surface area contributed by atoms with Crippen LogP contribution in [0.2, 0.25) is 0 Å². The van der Waals surface area contributed by atoms with Gasteiger partial charge in [-0.25, -0.2) is 0 Å². The van der Waals surface area contributed by atoms with Crippen LogP contribution in [0.5, 0.6) is 23.0 Å². The van der Waals surface area contributed by atoms with Crippen molar-refractivity contribution >= 4 is 38.9 Å². The van der Waals surface area contributed by atoms with Gasteiger partial charge in [0.1, 0.15) is 11.5 Å². The molecule has 12 rings (SSSR count). The van der Waals surface area contributed by atoms with Gasteiger partial charge in [0.05, 0.1) is 62.2 Å². The highest BCUT2D eigenvalue weighted by molar-refractivity contribution is 6.10. The molecule has 9 aromatic rings. The Morgan fingerprint density at radius 2 is 1.15 bits per heavy atom. The molecule has 0 fully saturated rings. The third-order valence-electron chi connectivity index (χ3n) is 11.3. The van der Waals surface area contributed by atoms with Crippen molar-refractivity contribution in [3.63, 3.8) is 0 Å². The molecule has 5 heterocycles. The van der Waals surface area contributed by atoms with Crippen molar-refractivity contribution in [2.24, 2.45) is 0 Å². The number of hydrogen-bond donors (Lipinski definition) is 0. The van der Waals surface area contributed by atoms with Gasteiger partial charge in [0.25, 0.3) is 0 Å². The summed E-state index contributed by atoms with van der Waals surface area (Å²) in [5, 5.41) is 12.0. The monoisotopic (exact) mass is 705 g/mol. The summed E-state index contributed by atoms with van der Waals surface area (Å²) < 4.78 is 15.8. The van der Waals surface area contributed by atoms with Crippen LogP contribution < -0.4 is 14.4 Å². The van der Waals surface area contributed by atoms with Gasteiger partial charge < -0.3 is 18.9 Å². The summed E-state index contributed by atoms with van der Waals surface area (Å²) in [5.41, 5.74) is 11.5. The lowest BCUT2D eigenvalue weighted by molar-refractivity contribution is 0.435. The molecule has 6 aromatic carbocycles. The minimum absolute atomic E-state index is 0.622. The second-order valence-corrected chi connectivity index (χ2v) is 14.1. The molecule has 0 N–H and O–H groups in total. The first-order valence-corrected chi connectivity index (χ1v) is 18.2. The Hall–Kier alpha value is -7.69. The van der Waals surface area contributed by atoms with Crippen molar-refractivity contribution in [1.82, 2.24) is 14.5 Å². The minimum atomic E-state index is -0.837. The molecule has 2 aliphatic heterocycles. The Morgan fingerprint density at radius 3 is 1.89 bits per heavy atom. The molecule has 0 radical (unpaired) electrons. The summed E-state index contributed by atoms with van der Waals surface area (Å²) in [7, 11) is 0. The molecule has 3 aromatic heterocycles. The SMILES string of the molecule is N#Cc1ccc2c(c1)c1ccccc1n2-c1cccc2c1C1(c3ccc(N4c5ccccc5Oc5ccccc54)cc3O2)c2cccnc2-c2ncccc21. The quantitative estimate of drug-likeness (QED) is 0.178. The highest BCUT2D eigenvalue weighted by atomic mass is 16.5. The fourth-order valence-corrected chi connectivity index (χ4v) is 9.25. The molecule has 0 saturated heterocycles. The molecule has 0 amide bonds. The number of anilines is 3. The van der Waals surface area contributed by atoms with Crippen LogP contribution >= 0.6 is 0 Å². The van der Waals surface area contributed by atoms with Gasteiger partial charge in [-0.1, -0.05) is 66.7 Å². The van der Waals surface area contributed by atoms with Crippen molar-refractivity contribution in [1.29, 1.82) is 5.26 Å². The maximum Gasteiger partial charge on any atom is 0.151 e. The summed E-state index contributed by atoms with van der Waals surface area (Å²) in [6.07, 6.45) is 3.69. The van der Waals surface area contributed by atoms with Crippen molar-refractivity contribution in [3.05, 3.63) is 192 Å². The zero-order valence-corrected chi connectivity index (χ0v) is 29.1. The van der Waals surface area contributed by atoms with E-state index in [1.165, 1.54) is 0 Å². The van der Waals surface area contributed by atoms with E-state index in [1.807, 2.05) is 73.1 Å². The summed E-state index contributed by atoms with van der Waals surface area (Å²) in [4.78, 5) is 12.2. The molecule has 0 atom stereocenters. The molecule has 7 heteroatoms. The van der Waals surface area contributed by atoms with Gasteiger partial charge in [-0.05, 0) is 90.0 Å². The van der Waals surface area contributed by atoms with Gasteiger partial charge in [0.15, 0.2) is 11.5 Å². The number of aromatic nitrogens is 3. The largest absolute Gasteiger partial charge is 0.457 e. The highest BCUT2D eigenvalue weighted by Crippen LogP contribution is 2.63. The lowest BCUT2D eigenvalue weighted by Gasteiger charge is -2.41. The predicted octanol–water partition coefficient (Wildman–Crippen LogP) is 11.5. The predicted molar refractivity (Wildman–Crippen MR) is 213 cm³/mol. The average molecular weight is 706 g/mol. The lowest BCUT2D eigenvalue weighted by atomic mass is 9.65. The number of nitrogens with zero attached hydrogens (tertiary/aromatic N) is 5. The van der Waals surface area contributed by atoms with Crippen LogP contribution in [-0.4, -0.2) is 14.5 Å². The summed E-state index contributed by atoms with van der Waals surface area (Å²) in [6, 6.07) is 54.2. The number of fused-ring (bicyclic) bond motifs is 14. The first-order chi connectivity index (χ1) is 27.2. The number of para-hydroxylation sites is 5. The van der Waals surface area contributed by atoms with E-state index in [0.29, 0.717) is 5.56 Å². The molecule has 256 valence electrons. The Labute approximate surface area is 315 Å². The maximum absolute atomic E-state index is 9.87. The van der Waals surface area contributed by atoms with E-state index in [9.17, 15) is 5.26 Å². The summed E-state index contributed by atoms with van der Waals surface area (Å²) in [5.74, 6) is 3.07. The molecule has 55 heavy (non-hydrogen) atoms. The van der Waals surface area contributed by atoms with E-state index in [1.54, 1.807) is 0 Å². The summed E-state index contributed by atoms with van der Waals surface area (Å²) >= 11 is 0.